The van der Waals surface area contributed by atoms with Gasteiger partial charge in [-0.1, -0.05) is 54.0 Å². The normalized spacial score (nSPS) is 32.8. The summed E-state index contributed by atoms with van der Waals surface area (Å²) in [7, 11) is 6.61. The molecule has 33 heavy (non-hydrogen) atoms. The first-order valence-electron chi connectivity index (χ1n) is 14.3. The maximum absolute atomic E-state index is 4.81. The number of nitrogens with zero attached hydrogens (tertiary/aromatic N) is 2. The zero-order valence-corrected chi connectivity index (χ0v) is 23.8. The van der Waals surface area contributed by atoms with E-state index in [2.05, 4.69) is 73.2 Å². The van der Waals surface area contributed by atoms with Crippen LogP contribution in [0.4, 0.5) is 0 Å². The summed E-state index contributed by atoms with van der Waals surface area (Å²) < 4.78 is 0. The van der Waals surface area contributed by atoms with E-state index in [0.29, 0.717) is 11.8 Å². The average molecular weight is 459 g/mol. The molecule has 2 aliphatic carbocycles. The number of allylic oxidation sites excluding steroid dienone is 1. The Labute approximate surface area is 208 Å². The highest BCUT2D eigenvalue weighted by atomic mass is 15.1. The third kappa shape index (κ3) is 8.52. The summed E-state index contributed by atoms with van der Waals surface area (Å²) in [5.74, 6) is 7.23. The SMILES string of the molecule is C=CC(C)CC(C)C(CC1CC(C)CC(N(C)C)C1)C(CC)CCC(=NC)C(C)C1CC1C. The van der Waals surface area contributed by atoms with Gasteiger partial charge in [0, 0.05) is 18.8 Å². The van der Waals surface area contributed by atoms with Crippen LogP contribution in [-0.4, -0.2) is 37.8 Å². The minimum Gasteiger partial charge on any atom is -0.306 e. The molecule has 0 aromatic heterocycles. The maximum Gasteiger partial charge on any atom is 0.0276 e. The molecule has 0 heterocycles. The first-order valence-corrected chi connectivity index (χ1v) is 14.3. The molecule has 2 fully saturated rings. The molecule has 10 unspecified atom stereocenters. The van der Waals surface area contributed by atoms with Gasteiger partial charge in [-0.3, -0.25) is 4.99 Å². The topological polar surface area (TPSA) is 15.6 Å². The fraction of sp³-hybridized carbons (Fsp3) is 0.903. The zero-order valence-electron chi connectivity index (χ0n) is 23.8. The molecule has 0 radical (unpaired) electrons. The maximum atomic E-state index is 4.81. The average Bonchev–Trinajstić information content (AvgIpc) is 3.51. The minimum atomic E-state index is 0.615. The van der Waals surface area contributed by atoms with Crippen LogP contribution in [0.5, 0.6) is 0 Å². The lowest BCUT2D eigenvalue weighted by Gasteiger charge is -2.41. The third-order valence-electron chi connectivity index (χ3n) is 9.76. The highest BCUT2D eigenvalue weighted by Gasteiger charge is 2.39. The summed E-state index contributed by atoms with van der Waals surface area (Å²) in [4.78, 5) is 7.30. The molecule has 2 heteroatoms. The van der Waals surface area contributed by atoms with Crippen LogP contribution in [0.15, 0.2) is 17.6 Å². The monoisotopic (exact) mass is 458 g/mol. The van der Waals surface area contributed by atoms with E-state index in [0.717, 1.165) is 47.5 Å². The van der Waals surface area contributed by atoms with Gasteiger partial charge in [0.2, 0.25) is 0 Å². The largest absolute Gasteiger partial charge is 0.306 e. The second-order valence-corrected chi connectivity index (χ2v) is 12.7. The summed E-state index contributed by atoms with van der Waals surface area (Å²) in [6.07, 6.45) is 14.3. The Hall–Kier alpha value is -0.630. The minimum absolute atomic E-state index is 0.615. The first-order chi connectivity index (χ1) is 15.6. The van der Waals surface area contributed by atoms with E-state index >= 15 is 0 Å². The second kappa shape index (κ2) is 13.5. The van der Waals surface area contributed by atoms with Crippen LogP contribution in [0.1, 0.15) is 99.3 Å². The highest BCUT2D eigenvalue weighted by Crippen LogP contribution is 2.46. The Balaban J connectivity index is 2.11. The van der Waals surface area contributed by atoms with Crippen LogP contribution in [0.3, 0.4) is 0 Å². The quantitative estimate of drug-likeness (QED) is 0.188. The number of rotatable bonds is 14. The van der Waals surface area contributed by atoms with Crippen molar-refractivity contribution in [3.05, 3.63) is 12.7 Å². The molecular formula is C31H58N2. The van der Waals surface area contributed by atoms with Gasteiger partial charge in [0.05, 0.1) is 0 Å². The fourth-order valence-electron chi connectivity index (χ4n) is 7.34. The molecule has 0 bridgehead atoms. The molecular weight excluding hydrogens is 400 g/mol. The summed E-state index contributed by atoms with van der Waals surface area (Å²) in [5, 5.41) is 0. The Kier molecular flexibility index (Phi) is 11.7. The van der Waals surface area contributed by atoms with Gasteiger partial charge in [-0.05, 0) is 119 Å². The van der Waals surface area contributed by atoms with E-state index in [1.54, 1.807) is 0 Å². The smallest absolute Gasteiger partial charge is 0.0276 e. The van der Waals surface area contributed by atoms with Crippen molar-refractivity contribution in [3.63, 3.8) is 0 Å². The van der Waals surface area contributed by atoms with Gasteiger partial charge in [0.1, 0.15) is 0 Å². The van der Waals surface area contributed by atoms with Crippen molar-refractivity contribution in [1.82, 2.24) is 4.90 Å². The summed E-state index contributed by atoms with van der Waals surface area (Å²) >= 11 is 0. The van der Waals surface area contributed by atoms with Crippen molar-refractivity contribution in [3.8, 4) is 0 Å². The predicted molar refractivity (Wildman–Crippen MR) is 148 cm³/mol. The van der Waals surface area contributed by atoms with E-state index in [9.17, 15) is 0 Å². The van der Waals surface area contributed by atoms with Gasteiger partial charge in [-0.15, -0.1) is 6.58 Å². The summed E-state index contributed by atoms with van der Waals surface area (Å²) in [5.41, 5.74) is 1.49. The van der Waals surface area contributed by atoms with Crippen molar-refractivity contribution in [2.75, 3.05) is 21.1 Å². The van der Waals surface area contributed by atoms with Gasteiger partial charge in [-0.25, -0.2) is 0 Å². The van der Waals surface area contributed by atoms with E-state index in [1.165, 1.54) is 63.5 Å². The van der Waals surface area contributed by atoms with Crippen molar-refractivity contribution >= 4 is 5.71 Å². The molecule has 0 spiro atoms. The lowest BCUT2D eigenvalue weighted by Crippen LogP contribution is -2.37. The molecule has 2 rings (SSSR count). The molecule has 0 aromatic rings. The van der Waals surface area contributed by atoms with Crippen LogP contribution in [0, 0.1) is 53.3 Å². The Morgan fingerprint density at radius 2 is 1.76 bits per heavy atom. The van der Waals surface area contributed by atoms with E-state index in [1.807, 2.05) is 7.05 Å². The van der Waals surface area contributed by atoms with Crippen LogP contribution in [0.2, 0.25) is 0 Å². The molecule has 0 N–H and O–H groups in total. The molecule has 2 aliphatic rings. The van der Waals surface area contributed by atoms with Gasteiger partial charge >= 0.3 is 0 Å². The second-order valence-electron chi connectivity index (χ2n) is 12.7. The van der Waals surface area contributed by atoms with Gasteiger partial charge in [0.15, 0.2) is 0 Å². The van der Waals surface area contributed by atoms with Gasteiger partial charge in [-0.2, -0.15) is 0 Å². The van der Waals surface area contributed by atoms with E-state index < -0.39 is 0 Å². The standard InChI is InChI=1S/C31H58N2/c1-11-21(3)15-23(5)30(20-26-16-22(4)17-28(19-26)33(9)10)27(12-2)13-14-31(32-8)25(7)29-18-24(29)6/h11,21-30H,1,12-20H2,2-10H3. The van der Waals surface area contributed by atoms with E-state index in [4.69, 9.17) is 4.99 Å². The molecule has 0 aliphatic heterocycles. The number of hydrogen-bond acceptors (Lipinski definition) is 2. The van der Waals surface area contributed by atoms with Crippen molar-refractivity contribution in [1.29, 1.82) is 0 Å². The molecule has 10 atom stereocenters. The molecule has 2 saturated carbocycles. The van der Waals surface area contributed by atoms with Crippen molar-refractivity contribution in [2.45, 2.75) is 105 Å². The Bertz CT molecular complexity index is 608. The summed E-state index contributed by atoms with van der Waals surface area (Å²) in [6, 6.07) is 0.766. The van der Waals surface area contributed by atoms with Gasteiger partial charge < -0.3 is 4.90 Å². The Morgan fingerprint density at radius 1 is 1.09 bits per heavy atom. The molecule has 0 amide bonds. The van der Waals surface area contributed by atoms with Crippen LogP contribution in [0.25, 0.3) is 0 Å². The van der Waals surface area contributed by atoms with Crippen LogP contribution >= 0.6 is 0 Å². The number of aliphatic imine (C=N–C) groups is 1. The van der Waals surface area contributed by atoms with Crippen molar-refractivity contribution < 1.29 is 0 Å². The molecule has 0 saturated heterocycles. The molecule has 0 aromatic carbocycles. The van der Waals surface area contributed by atoms with E-state index in [-0.39, 0.29) is 0 Å². The Morgan fingerprint density at radius 3 is 2.27 bits per heavy atom. The van der Waals surface area contributed by atoms with Crippen LogP contribution < -0.4 is 0 Å². The lowest BCUT2D eigenvalue weighted by molar-refractivity contribution is 0.0989. The highest BCUT2D eigenvalue weighted by molar-refractivity contribution is 5.87. The lowest BCUT2D eigenvalue weighted by atomic mass is 9.67. The predicted octanol–water partition coefficient (Wildman–Crippen LogP) is 8.38. The third-order valence-corrected chi connectivity index (χ3v) is 9.76. The van der Waals surface area contributed by atoms with Crippen LogP contribution in [-0.2, 0) is 0 Å². The first kappa shape index (κ1) is 28.6. The summed E-state index contributed by atoms with van der Waals surface area (Å²) in [6.45, 7) is 18.8. The fourth-order valence-corrected chi connectivity index (χ4v) is 7.34. The number of hydrogen-bond donors (Lipinski definition) is 0. The zero-order chi connectivity index (χ0) is 24.7. The molecule has 2 nitrogen and oxygen atoms in total. The van der Waals surface area contributed by atoms with Crippen molar-refractivity contribution in [2.24, 2.45) is 58.3 Å². The molecule has 192 valence electrons. The van der Waals surface area contributed by atoms with Gasteiger partial charge in [0.25, 0.3) is 0 Å².